The smallest absolute Gasteiger partial charge is 0.325 e. The van der Waals surface area contributed by atoms with Crippen molar-refractivity contribution >= 4 is 35.3 Å². The average molecular weight is 418 g/mol. The van der Waals surface area contributed by atoms with Gasteiger partial charge in [-0.3, -0.25) is 24.0 Å². The predicted molar refractivity (Wildman–Crippen MR) is 108 cm³/mol. The molecule has 0 spiro atoms. The van der Waals surface area contributed by atoms with Crippen LogP contribution in [-0.2, 0) is 23.9 Å². The van der Waals surface area contributed by atoms with E-state index in [0.29, 0.717) is 18.5 Å². The van der Waals surface area contributed by atoms with Gasteiger partial charge in [-0.25, -0.2) is 0 Å². The topological polar surface area (TPSA) is 134 Å². The van der Waals surface area contributed by atoms with Crippen LogP contribution in [-0.4, -0.2) is 61.9 Å². The maximum absolute atomic E-state index is 12.1. The van der Waals surface area contributed by atoms with Crippen molar-refractivity contribution in [1.82, 2.24) is 16.0 Å². The number of carbonyl (C=O) groups is 5. The quantitative estimate of drug-likeness (QED) is 0.473. The maximum Gasteiger partial charge on any atom is 0.325 e. The van der Waals surface area contributed by atoms with E-state index in [9.17, 15) is 24.0 Å². The molecule has 1 saturated heterocycles. The Labute approximate surface area is 174 Å². The Kier molecular flexibility index (Phi) is 8.33. The number of carbonyl (C=O) groups excluding carboxylic acids is 5. The number of esters is 1. The number of nitrogens with zero attached hydrogens (tertiary/aromatic N) is 1. The molecule has 10 heteroatoms. The number of hydrogen-bond donors (Lipinski definition) is 3. The molecular formula is C20H26N4O6. The lowest BCUT2D eigenvalue weighted by molar-refractivity contribution is -0.147. The normalized spacial score (nSPS) is 13.2. The first-order valence-electron chi connectivity index (χ1n) is 9.66. The van der Waals surface area contributed by atoms with Crippen LogP contribution in [0.4, 0.5) is 5.69 Å². The van der Waals surface area contributed by atoms with Gasteiger partial charge in [-0.1, -0.05) is 0 Å². The zero-order valence-electron chi connectivity index (χ0n) is 17.0. The predicted octanol–water partition coefficient (Wildman–Crippen LogP) is -0.273. The highest BCUT2D eigenvalue weighted by Gasteiger charge is 2.21. The SMILES string of the molecule is CC(C)NC(=O)CNC(=O)COC(=O)CNC(=O)c1ccc(N2CCCC2=O)cc1. The van der Waals surface area contributed by atoms with E-state index in [2.05, 4.69) is 16.0 Å². The lowest BCUT2D eigenvalue weighted by atomic mass is 10.2. The van der Waals surface area contributed by atoms with Crippen molar-refractivity contribution in [2.75, 3.05) is 31.1 Å². The van der Waals surface area contributed by atoms with Gasteiger partial charge < -0.3 is 25.6 Å². The first-order valence-corrected chi connectivity index (χ1v) is 9.66. The summed E-state index contributed by atoms with van der Waals surface area (Å²) in [6, 6.07) is 6.44. The van der Waals surface area contributed by atoms with Crippen LogP contribution in [0.15, 0.2) is 24.3 Å². The van der Waals surface area contributed by atoms with E-state index in [-0.39, 0.29) is 24.4 Å². The third-order valence-corrected chi connectivity index (χ3v) is 4.17. The lowest BCUT2D eigenvalue weighted by Gasteiger charge is -2.15. The van der Waals surface area contributed by atoms with Crippen molar-refractivity contribution < 1.29 is 28.7 Å². The summed E-state index contributed by atoms with van der Waals surface area (Å²) in [4.78, 5) is 60.2. The molecule has 0 aromatic heterocycles. The Morgan fingerprint density at radius 2 is 1.73 bits per heavy atom. The fourth-order valence-electron chi connectivity index (χ4n) is 2.77. The van der Waals surface area contributed by atoms with Crippen LogP contribution >= 0.6 is 0 Å². The molecule has 1 heterocycles. The number of rotatable bonds is 9. The van der Waals surface area contributed by atoms with Gasteiger partial charge in [-0.05, 0) is 44.5 Å². The van der Waals surface area contributed by atoms with Crippen molar-refractivity contribution in [2.45, 2.75) is 32.7 Å². The molecule has 3 N–H and O–H groups in total. The molecule has 1 aromatic carbocycles. The summed E-state index contributed by atoms with van der Waals surface area (Å²) in [7, 11) is 0. The van der Waals surface area contributed by atoms with E-state index < -0.39 is 30.9 Å². The maximum atomic E-state index is 12.1. The Morgan fingerprint density at radius 1 is 1.03 bits per heavy atom. The Bertz CT molecular complexity index is 806. The summed E-state index contributed by atoms with van der Waals surface area (Å²) in [5.41, 5.74) is 1.05. The van der Waals surface area contributed by atoms with E-state index in [0.717, 1.165) is 12.1 Å². The summed E-state index contributed by atoms with van der Waals surface area (Å²) in [6.07, 6.45) is 1.33. The fraction of sp³-hybridized carbons (Fsp3) is 0.450. The highest BCUT2D eigenvalue weighted by Crippen LogP contribution is 2.21. The van der Waals surface area contributed by atoms with Crippen molar-refractivity contribution in [1.29, 1.82) is 0 Å². The minimum atomic E-state index is -0.788. The Balaban J connectivity index is 1.69. The molecule has 0 radical (unpaired) electrons. The molecule has 1 aliphatic rings. The molecule has 1 fully saturated rings. The third-order valence-electron chi connectivity index (χ3n) is 4.17. The van der Waals surface area contributed by atoms with Crippen molar-refractivity contribution in [3.63, 3.8) is 0 Å². The van der Waals surface area contributed by atoms with Crippen LogP contribution < -0.4 is 20.9 Å². The lowest BCUT2D eigenvalue weighted by Crippen LogP contribution is -2.41. The second kappa shape index (κ2) is 10.9. The van der Waals surface area contributed by atoms with Gasteiger partial charge in [-0.15, -0.1) is 0 Å². The van der Waals surface area contributed by atoms with Gasteiger partial charge in [0.05, 0.1) is 6.54 Å². The van der Waals surface area contributed by atoms with Gasteiger partial charge in [0, 0.05) is 30.3 Å². The highest BCUT2D eigenvalue weighted by atomic mass is 16.5. The summed E-state index contributed by atoms with van der Waals surface area (Å²) in [6.45, 7) is 3.06. The van der Waals surface area contributed by atoms with Gasteiger partial charge in [0.15, 0.2) is 6.61 Å². The number of anilines is 1. The van der Waals surface area contributed by atoms with Gasteiger partial charge in [-0.2, -0.15) is 0 Å². The number of hydrogen-bond acceptors (Lipinski definition) is 6. The molecule has 2 rings (SSSR count). The zero-order chi connectivity index (χ0) is 22.1. The average Bonchev–Trinajstić information content (AvgIpc) is 3.14. The molecule has 30 heavy (non-hydrogen) atoms. The second-order valence-electron chi connectivity index (χ2n) is 7.04. The molecule has 0 bridgehead atoms. The van der Waals surface area contributed by atoms with Gasteiger partial charge in [0.25, 0.3) is 11.8 Å². The number of amides is 4. The monoisotopic (exact) mass is 418 g/mol. The summed E-state index contributed by atoms with van der Waals surface area (Å²) in [5.74, 6) is -2.19. The van der Waals surface area contributed by atoms with Crippen LogP contribution in [0.25, 0.3) is 0 Å². The van der Waals surface area contributed by atoms with Crippen molar-refractivity contribution in [3.8, 4) is 0 Å². The van der Waals surface area contributed by atoms with E-state index in [1.54, 1.807) is 43.0 Å². The summed E-state index contributed by atoms with van der Waals surface area (Å²) in [5, 5.41) is 7.33. The first kappa shape index (κ1) is 22.9. The first-order chi connectivity index (χ1) is 14.3. The van der Waals surface area contributed by atoms with E-state index in [4.69, 9.17) is 4.74 Å². The number of nitrogens with one attached hydrogen (secondary N) is 3. The fourth-order valence-corrected chi connectivity index (χ4v) is 2.77. The standard InChI is InChI=1S/C20H26N4O6/c1-13(2)23-16(25)10-21-17(26)12-30-19(28)11-22-20(29)14-5-7-15(8-6-14)24-9-3-4-18(24)27/h5-8,13H,3-4,9-12H2,1-2H3,(H,21,26)(H,22,29)(H,23,25). The molecule has 0 aliphatic carbocycles. The van der Waals surface area contributed by atoms with Gasteiger partial charge in [0.2, 0.25) is 11.8 Å². The molecule has 0 unspecified atom stereocenters. The van der Waals surface area contributed by atoms with Crippen LogP contribution in [0.1, 0.15) is 37.0 Å². The molecule has 10 nitrogen and oxygen atoms in total. The van der Waals surface area contributed by atoms with Crippen LogP contribution in [0.5, 0.6) is 0 Å². The molecule has 0 atom stereocenters. The Morgan fingerprint density at radius 3 is 2.33 bits per heavy atom. The molecular weight excluding hydrogens is 392 g/mol. The van der Waals surface area contributed by atoms with Crippen molar-refractivity contribution in [3.05, 3.63) is 29.8 Å². The van der Waals surface area contributed by atoms with Crippen LogP contribution in [0.3, 0.4) is 0 Å². The van der Waals surface area contributed by atoms with Crippen molar-refractivity contribution in [2.24, 2.45) is 0 Å². The second-order valence-corrected chi connectivity index (χ2v) is 7.04. The molecule has 0 saturated carbocycles. The van der Waals surface area contributed by atoms with Crippen LogP contribution in [0, 0.1) is 0 Å². The van der Waals surface area contributed by atoms with Gasteiger partial charge >= 0.3 is 5.97 Å². The summed E-state index contributed by atoms with van der Waals surface area (Å²) < 4.78 is 4.76. The minimum Gasteiger partial charge on any atom is -0.454 e. The number of ether oxygens (including phenoxy) is 1. The number of benzene rings is 1. The Hall–Kier alpha value is -3.43. The molecule has 162 valence electrons. The van der Waals surface area contributed by atoms with E-state index in [1.807, 2.05) is 0 Å². The molecule has 1 aliphatic heterocycles. The summed E-state index contributed by atoms with van der Waals surface area (Å²) >= 11 is 0. The largest absolute Gasteiger partial charge is 0.454 e. The third kappa shape index (κ3) is 7.19. The molecule has 1 aromatic rings. The zero-order valence-corrected chi connectivity index (χ0v) is 17.0. The van der Waals surface area contributed by atoms with E-state index >= 15 is 0 Å². The van der Waals surface area contributed by atoms with Gasteiger partial charge in [0.1, 0.15) is 6.54 Å². The van der Waals surface area contributed by atoms with Crippen LogP contribution in [0.2, 0.25) is 0 Å². The minimum absolute atomic E-state index is 0.0465. The highest BCUT2D eigenvalue weighted by molar-refractivity contribution is 5.98. The van der Waals surface area contributed by atoms with E-state index in [1.165, 1.54) is 0 Å². The molecule has 4 amide bonds.